The molecule has 0 spiro atoms. The maximum Gasteiger partial charge on any atom is 0.335 e. The van der Waals surface area contributed by atoms with Crippen molar-refractivity contribution in [2.24, 2.45) is 0 Å². The van der Waals surface area contributed by atoms with E-state index in [1.54, 1.807) is 6.92 Å². The predicted molar refractivity (Wildman–Crippen MR) is 75.0 cm³/mol. The summed E-state index contributed by atoms with van der Waals surface area (Å²) in [7, 11) is 0. The number of halogens is 2. The van der Waals surface area contributed by atoms with Gasteiger partial charge in [-0.2, -0.15) is 0 Å². The third-order valence-corrected chi connectivity index (χ3v) is 3.17. The highest BCUT2D eigenvalue weighted by atomic mass is 35.5. The van der Waals surface area contributed by atoms with E-state index in [9.17, 15) is 14.4 Å². The molecule has 0 saturated carbocycles. The third kappa shape index (κ3) is 2.86. The summed E-state index contributed by atoms with van der Waals surface area (Å²) in [6, 6.07) is 3.17. The van der Waals surface area contributed by atoms with Crippen molar-refractivity contribution in [3.8, 4) is 0 Å². The van der Waals surface area contributed by atoms with Crippen LogP contribution in [0.3, 0.4) is 0 Å². The number of anilines is 1. The largest absolute Gasteiger partial charge is 0.335 e. The third-order valence-electron chi connectivity index (χ3n) is 2.73. The fourth-order valence-corrected chi connectivity index (χ4v) is 2.35. The normalized spacial score (nSPS) is 14.9. The number of urea groups is 2. The summed E-state index contributed by atoms with van der Waals surface area (Å²) >= 11 is 11.6. The Kier molecular flexibility index (Phi) is 4.15. The van der Waals surface area contributed by atoms with Crippen LogP contribution in [0.5, 0.6) is 0 Å². The van der Waals surface area contributed by atoms with Gasteiger partial charge in [0.1, 0.15) is 6.54 Å². The zero-order valence-electron chi connectivity index (χ0n) is 10.5. The number of hydrogen-bond donors (Lipinski definition) is 1. The van der Waals surface area contributed by atoms with E-state index in [1.165, 1.54) is 18.2 Å². The van der Waals surface area contributed by atoms with Crippen molar-refractivity contribution in [3.05, 3.63) is 28.2 Å². The Morgan fingerprint density at radius 3 is 2.35 bits per heavy atom. The highest BCUT2D eigenvalue weighted by Crippen LogP contribution is 2.23. The summed E-state index contributed by atoms with van der Waals surface area (Å²) in [5, 5.41) is 3.19. The highest BCUT2D eigenvalue weighted by molar-refractivity contribution is 6.35. The molecule has 1 N–H and O–H groups in total. The Hall–Kier alpha value is -1.79. The molecule has 1 aromatic carbocycles. The number of nitrogens with one attached hydrogen (secondary N) is 1. The van der Waals surface area contributed by atoms with Crippen molar-refractivity contribution in [1.29, 1.82) is 0 Å². The first-order chi connectivity index (χ1) is 9.42. The van der Waals surface area contributed by atoms with Gasteiger partial charge in [-0.3, -0.25) is 9.69 Å². The average Bonchev–Trinajstić information content (AvgIpc) is 2.63. The summed E-state index contributed by atoms with van der Waals surface area (Å²) in [6.07, 6.45) is 0. The minimum atomic E-state index is -0.697. The topological polar surface area (TPSA) is 69.7 Å². The van der Waals surface area contributed by atoms with Crippen molar-refractivity contribution in [1.82, 2.24) is 9.80 Å². The Morgan fingerprint density at radius 2 is 1.85 bits per heavy atom. The molecular weight excluding hydrogens is 305 g/mol. The lowest BCUT2D eigenvalue weighted by molar-refractivity contribution is -0.125. The molecule has 0 radical (unpaired) electrons. The SMILES string of the molecule is CCN1C(=O)CN(C(=O)Nc2cc(Cl)cc(Cl)c2)C1=O. The van der Waals surface area contributed by atoms with Crippen LogP contribution in [0.15, 0.2) is 18.2 Å². The number of likely N-dealkylation sites (N-methyl/N-ethyl adjacent to an activating group) is 1. The van der Waals surface area contributed by atoms with Gasteiger partial charge < -0.3 is 5.32 Å². The Morgan fingerprint density at radius 1 is 1.25 bits per heavy atom. The molecule has 1 aliphatic rings. The molecule has 6 nitrogen and oxygen atoms in total. The molecule has 1 aliphatic heterocycles. The van der Waals surface area contributed by atoms with Gasteiger partial charge in [-0.1, -0.05) is 23.2 Å². The fourth-order valence-electron chi connectivity index (χ4n) is 1.83. The Bertz CT molecular complexity index is 571. The molecule has 20 heavy (non-hydrogen) atoms. The van der Waals surface area contributed by atoms with Crippen LogP contribution in [0.4, 0.5) is 15.3 Å². The molecule has 5 amide bonds. The molecular formula is C12H11Cl2N3O3. The second kappa shape index (κ2) is 5.68. The average molecular weight is 316 g/mol. The molecule has 106 valence electrons. The van der Waals surface area contributed by atoms with E-state index in [0.29, 0.717) is 15.7 Å². The first-order valence-corrected chi connectivity index (χ1v) is 6.57. The van der Waals surface area contributed by atoms with E-state index in [2.05, 4.69) is 5.32 Å². The number of carbonyl (C=O) groups excluding carboxylic acids is 3. The molecule has 0 bridgehead atoms. The van der Waals surface area contributed by atoms with Crippen molar-refractivity contribution >= 4 is 46.9 Å². The second-order valence-electron chi connectivity index (χ2n) is 4.09. The molecule has 0 aliphatic carbocycles. The lowest BCUT2D eigenvalue weighted by Crippen LogP contribution is -2.39. The van der Waals surface area contributed by atoms with Gasteiger partial charge in [0.2, 0.25) is 0 Å². The van der Waals surface area contributed by atoms with Gasteiger partial charge in [0, 0.05) is 22.3 Å². The van der Waals surface area contributed by atoms with Gasteiger partial charge in [0.05, 0.1) is 0 Å². The van der Waals surface area contributed by atoms with Gasteiger partial charge in [-0.15, -0.1) is 0 Å². The van der Waals surface area contributed by atoms with E-state index in [4.69, 9.17) is 23.2 Å². The lowest BCUT2D eigenvalue weighted by atomic mass is 10.3. The molecule has 1 aromatic rings. The zero-order chi connectivity index (χ0) is 14.9. The van der Waals surface area contributed by atoms with E-state index in [1.807, 2.05) is 0 Å². The second-order valence-corrected chi connectivity index (χ2v) is 4.97. The van der Waals surface area contributed by atoms with Crippen molar-refractivity contribution in [3.63, 3.8) is 0 Å². The molecule has 2 rings (SSSR count). The number of nitrogens with zero attached hydrogens (tertiary/aromatic N) is 2. The van der Waals surface area contributed by atoms with Crippen LogP contribution in [-0.4, -0.2) is 40.9 Å². The van der Waals surface area contributed by atoms with Gasteiger partial charge in [0.15, 0.2) is 0 Å². The first-order valence-electron chi connectivity index (χ1n) is 5.81. The number of amides is 5. The fraction of sp³-hybridized carbons (Fsp3) is 0.250. The summed E-state index contributed by atoms with van der Waals surface area (Å²) in [5.74, 6) is -0.406. The molecule has 1 heterocycles. The molecule has 1 fully saturated rings. The van der Waals surface area contributed by atoms with Crippen LogP contribution in [-0.2, 0) is 4.79 Å². The van der Waals surface area contributed by atoms with Gasteiger partial charge in [0.25, 0.3) is 5.91 Å². The number of carbonyl (C=O) groups is 3. The molecule has 0 aromatic heterocycles. The standard InChI is InChI=1S/C12H11Cl2N3O3/c1-2-16-10(18)6-17(12(16)20)11(19)15-9-4-7(13)3-8(14)5-9/h3-5H,2,6H2,1H3,(H,15,19). The van der Waals surface area contributed by atoms with Crippen LogP contribution < -0.4 is 5.32 Å². The summed E-state index contributed by atoms with van der Waals surface area (Å²) < 4.78 is 0. The first kappa shape index (κ1) is 14.6. The number of rotatable bonds is 2. The summed E-state index contributed by atoms with van der Waals surface area (Å²) in [4.78, 5) is 37.2. The van der Waals surface area contributed by atoms with Crippen molar-refractivity contribution in [2.75, 3.05) is 18.4 Å². The number of benzene rings is 1. The van der Waals surface area contributed by atoms with Gasteiger partial charge in [-0.05, 0) is 25.1 Å². The van der Waals surface area contributed by atoms with E-state index in [-0.39, 0.29) is 13.1 Å². The zero-order valence-corrected chi connectivity index (χ0v) is 12.0. The van der Waals surface area contributed by atoms with Crippen LogP contribution in [0.25, 0.3) is 0 Å². The van der Waals surface area contributed by atoms with Crippen LogP contribution >= 0.6 is 23.2 Å². The minimum absolute atomic E-state index is 0.227. The Labute approximate surface area is 125 Å². The van der Waals surface area contributed by atoms with Crippen molar-refractivity contribution in [2.45, 2.75) is 6.92 Å². The molecule has 8 heteroatoms. The number of imide groups is 2. The predicted octanol–water partition coefficient (Wildman–Crippen LogP) is 2.81. The lowest BCUT2D eigenvalue weighted by Gasteiger charge is -2.15. The maximum atomic E-state index is 12.0. The van der Waals surface area contributed by atoms with Crippen LogP contribution in [0.2, 0.25) is 10.0 Å². The summed E-state index contributed by atoms with van der Waals surface area (Å²) in [6.45, 7) is 1.62. The van der Waals surface area contributed by atoms with E-state index >= 15 is 0 Å². The summed E-state index contributed by atoms with van der Waals surface area (Å²) in [5.41, 5.74) is 0.350. The van der Waals surface area contributed by atoms with Crippen LogP contribution in [0, 0.1) is 0 Å². The molecule has 0 atom stereocenters. The van der Waals surface area contributed by atoms with E-state index < -0.39 is 18.0 Å². The van der Waals surface area contributed by atoms with Gasteiger partial charge >= 0.3 is 12.1 Å². The van der Waals surface area contributed by atoms with E-state index in [0.717, 1.165) is 9.80 Å². The van der Waals surface area contributed by atoms with Gasteiger partial charge in [-0.25, -0.2) is 14.5 Å². The Balaban J connectivity index is 2.13. The molecule has 0 unspecified atom stereocenters. The van der Waals surface area contributed by atoms with Crippen LogP contribution in [0.1, 0.15) is 6.92 Å². The maximum absolute atomic E-state index is 12.0. The quantitative estimate of drug-likeness (QED) is 0.853. The van der Waals surface area contributed by atoms with Crippen molar-refractivity contribution < 1.29 is 14.4 Å². The highest BCUT2D eigenvalue weighted by Gasteiger charge is 2.38. The monoisotopic (exact) mass is 315 g/mol. The smallest absolute Gasteiger partial charge is 0.307 e. The minimum Gasteiger partial charge on any atom is -0.307 e. The number of hydrogen-bond acceptors (Lipinski definition) is 3. The molecule has 1 saturated heterocycles.